The largest absolute Gasteiger partial charge is 0.336 e. The first kappa shape index (κ1) is 21.5. The first-order valence-corrected chi connectivity index (χ1v) is 11.0. The lowest BCUT2D eigenvalue weighted by Gasteiger charge is -2.34. The van der Waals surface area contributed by atoms with Crippen molar-refractivity contribution in [3.8, 4) is 0 Å². The summed E-state index contributed by atoms with van der Waals surface area (Å²) < 4.78 is 0. The lowest BCUT2D eigenvalue weighted by molar-refractivity contribution is 0.0638. The first-order valence-electron chi connectivity index (χ1n) is 11.0. The van der Waals surface area contributed by atoms with E-state index in [1.54, 1.807) is 0 Å². The Bertz CT molecular complexity index is 749. The minimum Gasteiger partial charge on any atom is -0.336 e. The van der Waals surface area contributed by atoms with Crippen LogP contribution in [0.15, 0.2) is 54.6 Å². The van der Waals surface area contributed by atoms with Gasteiger partial charge in [0.25, 0.3) is 5.91 Å². The van der Waals surface area contributed by atoms with Crippen molar-refractivity contribution in [2.45, 2.75) is 39.8 Å². The van der Waals surface area contributed by atoms with Crippen molar-refractivity contribution in [2.75, 3.05) is 39.3 Å². The standard InChI is InChI=1S/C25H35N3O/c1-4-27(21(2)3)20-23-10-12-24(13-11-23)25(29)28-18-16-26(17-19-28)15-14-22-8-6-5-7-9-22/h5-13,21H,4,14-20H2,1-3H3. The summed E-state index contributed by atoms with van der Waals surface area (Å²) in [6.07, 6.45) is 1.07. The van der Waals surface area contributed by atoms with Crippen molar-refractivity contribution in [1.82, 2.24) is 14.7 Å². The Morgan fingerprint density at radius 3 is 2.17 bits per heavy atom. The topological polar surface area (TPSA) is 26.8 Å². The SMILES string of the molecule is CCN(Cc1ccc(C(=O)N2CCN(CCc3ccccc3)CC2)cc1)C(C)C. The van der Waals surface area contributed by atoms with Gasteiger partial charge in [-0.05, 0) is 50.1 Å². The van der Waals surface area contributed by atoms with Gasteiger partial charge >= 0.3 is 0 Å². The molecule has 1 heterocycles. The summed E-state index contributed by atoms with van der Waals surface area (Å²) in [6, 6.07) is 19.3. The molecule has 1 aliphatic heterocycles. The van der Waals surface area contributed by atoms with Crippen molar-refractivity contribution >= 4 is 5.91 Å². The number of carbonyl (C=O) groups is 1. The monoisotopic (exact) mass is 393 g/mol. The van der Waals surface area contributed by atoms with Crippen molar-refractivity contribution in [3.63, 3.8) is 0 Å². The Kier molecular flexibility index (Phi) is 7.84. The van der Waals surface area contributed by atoms with Crippen LogP contribution in [-0.2, 0) is 13.0 Å². The van der Waals surface area contributed by atoms with Crippen LogP contribution in [0.2, 0.25) is 0 Å². The second-order valence-electron chi connectivity index (χ2n) is 8.22. The molecule has 0 aromatic heterocycles. The van der Waals surface area contributed by atoms with Crippen LogP contribution >= 0.6 is 0 Å². The Labute approximate surface area is 176 Å². The van der Waals surface area contributed by atoms with Crippen LogP contribution in [-0.4, -0.2) is 65.9 Å². The second-order valence-corrected chi connectivity index (χ2v) is 8.22. The molecule has 0 N–H and O–H groups in total. The number of piperazine rings is 1. The number of nitrogens with zero attached hydrogens (tertiary/aromatic N) is 3. The van der Waals surface area contributed by atoms with Crippen LogP contribution in [0.25, 0.3) is 0 Å². The highest BCUT2D eigenvalue weighted by atomic mass is 16.2. The number of rotatable bonds is 8. The molecule has 1 saturated heterocycles. The minimum atomic E-state index is 0.162. The fourth-order valence-corrected chi connectivity index (χ4v) is 3.94. The van der Waals surface area contributed by atoms with Crippen LogP contribution in [0.1, 0.15) is 42.3 Å². The van der Waals surface area contributed by atoms with Crippen LogP contribution < -0.4 is 0 Å². The maximum absolute atomic E-state index is 12.9. The van der Waals surface area contributed by atoms with Crippen molar-refractivity contribution in [1.29, 1.82) is 0 Å². The summed E-state index contributed by atoms with van der Waals surface area (Å²) in [4.78, 5) is 19.8. The Morgan fingerprint density at radius 1 is 0.931 bits per heavy atom. The van der Waals surface area contributed by atoms with Gasteiger partial charge < -0.3 is 4.90 Å². The molecule has 0 radical (unpaired) electrons. The Balaban J connectivity index is 1.47. The third-order valence-corrected chi connectivity index (χ3v) is 5.94. The van der Waals surface area contributed by atoms with Gasteiger partial charge in [0.1, 0.15) is 0 Å². The molecule has 0 aliphatic carbocycles. The van der Waals surface area contributed by atoms with E-state index < -0.39 is 0 Å². The van der Waals surface area contributed by atoms with E-state index in [2.05, 4.69) is 73.0 Å². The molecule has 0 bridgehead atoms. The lowest BCUT2D eigenvalue weighted by Crippen LogP contribution is -2.49. The summed E-state index contributed by atoms with van der Waals surface area (Å²) in [7, 11) is 0. The molecule has 0 unspecified atom stereocenters. The smallest absolute Gasteiger partial charge is 0.253 e. The third kappa shape index (κ3) is 6.15. The maximum atomic E-state index is 12.9. The molecule has 1 amide bonds. The summed E-state index contributed by atoms with van der Waals surface area (Å²) >= 11 is 0. The molecule has 0 atom stereocenters. The molecular formula is C25H35N3O. The minimum absolute atomic E-state index is 0.162. The number of benzene rings is 2. The van der Waals surface area contributed by atoms with Crippen molar-refractivity contribution in [3.05, 3.63) is 71.3 Å². The lowest BCUT2D eigenvalue weighted by atomic mass is 10.1. The summed E-state index contributed by atoms with van der Waals surface area (Å²) in [5.74, 6) is 0.162. The predicted molar refractivity (Wildman–Crippen MR) is 120 cm³/mol. The zero-order chi connectivity index (χ0) is 20.6. The quantitative estimate of drug-likeness (QED) is 0.680. The number of hydrogen-bond acceptors (Lipinski definition) is 3. The highest BCUT2D eigenvalue weighted by Gasteiger charge is 2.22. The summed E-state index contributed by atoms with van der Waals surface area (Å²) in [5.41, 5.74) is 3.45. The molecule has 0 saturated carbocycles. The Morgan fingerprint density at radius 2 is 1.59 bits per heavy atom. The molecular weight excluding hydrogens is 358 g/mol. The van der Waals surface area contributed by atoms with Gasteiger partial charge in [0.05, 0.1) is 0 Å². The maximum Gasteiger partial charge on any atom is 0.253 e. The summed E-state index contributed by atoms with van der Waals surface area (Å²) in [5, 5.41) is 0. The fraction of sp³-hybridized carbons (Fsp3) is 0.480. The van der Waals surface area contributed by atoms with E-state index in [4.69, 9.17) is 0 Å². The molecule has 3 rings (SSSR count). The van der Waals surface area contributed by atoms with Crippen molar-refractivity contribution < 1.29 is 4.79 Å². The molecule has 2 aromatic rings. The average molecular weight is 394 g/mol. The van der Waals surface area contributed by atoms with E-state index in [9.17, 15) is 4.79 Å². The molecule has 0 spiro atoms. The molecule has 2 aromatic carbocycles. The van der Waals surface area contributed by atoms with E-state index >= 15 is 0 Å². The van der Waals surface area contributed by atoms with E-state index in [0.717, 1.165) is 57.8 Å². The van der Waals surface area contributed by atoms with Gasteiger partial charge in [0.15, 0.2) is 0 Å². The molecule has 1 fully saturated rings. The van der Waals surface area contributed by atoms with E-state index in [1.807, 2.05) is 17.0 Å². The molecule has 4 heteroatoms. The first-order chi connectivity index (χ1) is 14.1. The normalized spacial score (nSPS) is 15.3. The number of amides is 1. The van der Waals surface area contributed by atoms with Crippen molar-refractivity contribution in [2.24, 2.45) is 0 Å². The van der Waals surface area contributed by atoms with Crippen LogP contribution in [0.5, 0.6) is 0 Å². The zero-order valence-corrected chi connectivity index (χ0v) is 18.2. The predicted octanol–water partition coefficient (Wildman–Crippen LogP) is 3.92. The van der Waals surface area contributed by atoms with Gasteiger partial charge in [-0.25, -0.2) is 0 Å². The van der Waals surface area contributed by atoms with Gasteiger partial charge in [-0.1, -0.05) is 49.4 Å². The number of carbonyl (C=O) groups excluding carboxylic acids is 1. The van der Waals surface area contributed by atoms with E-state index in [1.165, 1.54) is 11.1 Å². The second kappa shape index (κ2) is 10.6. The number of hydrogen-bond donors (Lipinski definition) is 0. The van der Waals surface area contributed by atoms with Crippen LogP contribution in [0.4, 0.5) is 0 Å². The van der Waals surface area contributed by atoms with Gasteiger partial charge in [-0.2, -0.15) is 0 Å². The van der Waals surface area contributed by atoms with Crippen LogP contribution in [0, 0.1) is 0 Å². The zero-order valence-electron chi connectivity index (χ0n) is 18.2. The fourth-order valence-electron chi connectivity index (χ4n) is 3.94. The molecule has 1 aliphatic rings. The van der Waals surface area contributed by atoms with Gasteiger partial charge in [0, 0.05) is 50.9 Å². The van der Waals surface area contributed by atoms with Gasteiger partial charge in [-0.3, -0.25) is 14.6 Å². The highest BCUT2D eigenvalue weighted by molar-refractivity contribution is 5.94. The molecule has 4 nitrogen and oxygen atoms in total. The Hall–Kier alpha value is -2.17. The van der Waals surface area contributed by atoms with Gasteiger partial charge in [-0.15, -0.1) is 0 Å². The van der Waals surface area contributed by atoms with E-state index in [0.29, 0.717) is 6.04 Å². The molecule has 156 valence electrons. The van der Waals surface area contributed by atoms with E-state index in [-0.39, 0.29) is 5.91 Å². The van der Waals surface area contributed by atoms with Gasteiger partial charge in [0.2, 0.25) is 0 Å². The summed E-state index contributed by atoms with van der Waals surface area (Å²) in [6.45, 7) is 13.2. The van der Waals surface area contributed by atoms with Crippen LogP contribution in [0.3, 0.4) is 0 Å². The molecule has 29 heavy (non-hydrogen) atoms. The average Bonchev–Trinajstić information content (AvgIpc) is 2.77. The highest BCUT2D eigenvalue weighted by Crippen LogP contribution is 2.13. The third-order valence-electron chi connectivity index (χ3n) is 5.94.